The van der Waals surface area contributed by atoms with Gasteiger partial charge in [-0.05, 0) is 69.5 Å². The number of aliphatic hydroxyl groups is 1. The molecule has 1 unspecified atom stereocenters. The van der Waals surface area contributed by atoms with Crippen LogP contribution in [-0.4, -0.2) is 110 Å². The van der Waals surface area contributed by atoms with Crippen molar-refractivity contribution in [2.75, 3.05) is 13.6 Å². The molecule has 9 N–H and O–H groups in total. The van der Waals surface area contributed by atoms with Crippen LogP contribution >= 0.6 is 11.6 Å². The van der Waals surface area contributed by atoms with Crippen molar-refractivity contribution in [3.63, 3.8) is 0 Å². The van der Waals surface area contributed by atoms with E-state index in [1.165, 1.54) is 52.1 Å². The number of hydrogen-bond donors (Lipinski definition) is 9. The van der Waals surface area contributed by atoms with Crippen LogP contribution in [0.25, 0.3) is 0 Å². The van der Waals surface area contributed by atoms with Crippen molar-refractivity contribution in [1.29, 1.82) is 0 Å². The third kappa shape index (κ3) is 9.88. The van der Waals surface area contributed by atoms with Crippen molar-refractivity contribution in [2.45, 2.75) is 83.3 Å². The van der Waals surface area contributed by atoms with Crippen molar-refractivity contribution in [3.8, 4) is 11.5 Å². The number of halogens is 1. The predicted molar refractivity (Wildman–Crippen MR) is 196 cm³/mol. The fourth-order valence-corrected chi connectivity index (χ4v) is 5.95. The molecule has 0 spiro atoms. The molecule has 18 nitrogen and oxygen atoms in total. The summed E-state index contributed by atoms with van der Waals surface area (Å²) in [6.45, 7) is 11.3. The Morgan fingerprint density at radius 2 is 1.75 bits per heavy atom. The second-order valence-corrected chi connectivity index (χ2v) is 13.5. The summed E-state index contributed by atoms with van der Waals surface area (Å²) in [5.41, 5.74) is -2.62. The molecule has 0 aliphatic carbocycles. The van der Waals surface area contributed by atoms with E-state index >= 15 is 0 Å². The van der Waals surface area contributed by atoms with Gasteiger partial charge in [-0.3, -0.25) is 24.0 Å². The fourth-order valence-electron chi connectivity index (χ4n) is 5.73. The summed E-state index contributed by atoms with van der Waals surface area (Å²) in [5.74, 6) is -8.94. The third-order valence-corrected chi connectivity index (χ3v) is 9.51. The number of aliphatic carboxylic acids is 2. The van der Waals surface area contributed by atoms with Gasteiger partial charge in [0.25, 0.3) is 17.7 Å². The van der Waals surface area contributed by atoms with E-state index < -0.39 is 94.5 Å². The lowest BCUT2D eigenvalue weighted by atomic mass is 9.90. The third-order valence-electron chi connectivity index (χ3n) is 9.22. The smallest absolute Gasteiger partial charge is 0.352 e. The van der Waals surface area contributed by atoms with E-state index in [0.717, 1.165) is 4.90 Å². The van der Waals surface area contributed by atoms with Gasteiger partial charge in [0.05, 0.1) is 11.1 Å². The molecular weight excluding hydrogens is 744 g/mol. The number of nitrogens with zero attached hydrogens (tertiary/aromatic N) is 1. The topological polar surface area (TPSA) is 273 Å². The van der Waals surface area contributed by atoms with Crippen LogP contribution in [0, 0.1) is 0 Å². The lowest BCUT2D eigenvalue weighted by molar-refractivity contribution is -0.146. The quantitative estimate of drug-likeness (QED) is 0.109. The minimum Gasteiger partial charge on any atom is -0.503 e. The second kappa shape index (κ2) is 18.1. The first-order valence-electron chi connectivity index (χ1n) is 17.0. The first-order chi connectivity index (χ1) is 25.7. The summed E-state index contributed by atoms with van der Waals surface area (Å²) in [4.78, 5) is 92.9. The van der Waals surface area contributed by atoms with Crippen molar-refractivity contribution < 1.29 is 58.7 Å². The number of carbonyl (C=O) groups excluding carboxylic acids is 5. The molecule has 6 atom stereocenters. The molecule has 3 rings (SSSR count). The van der Waals surface area contributed by atoms with Gasteiger partial charge >= 0.3 is 11.9 Å². The zero-order valence-electron chi connectivity index (χ0n) is 31.0. The number of allylic oxidation sites excluding steroid dienone is 1. The number of phenols is 1. The summed E-state index contributed by atoms with van der Waals surface area (Å²) in [6, 6.07) is -3.37. The Morgan fingerprint density at radius 3 is 2.29 bits per heavy atom. The Labute approximate surface area is 321 Å². The number of nitrogens with one attached hydrogen (secondary N) is 5. The molecule has 2 aliphatic heterocycles. The molecule has 1 aromatic carbocycles. The number of carbonyl (C=O) groups is 7. The van der Waals surface area contributed by atoms with Gasteiger partial charge in [0.2, 0.25) is 11.8 Å². The number of phenolic OH excluding ortho intramolecular Hbond substituents is 1. The lowest BCUT2D eigenvalue weighted by Gasteiger charge is -2.40. The van der Waals surface area contributed by atoms with Gasteiger partial charge in [0.1, 0.15) is 47.3 Å². The van der Waals surface area contributed by atoms with Crippen LogP contribution in [-0.2, 0) is 33.6 Å². The van der Waals surface area contributed by atoms with E-state index in [4.69, 9.17) is 21.4 Å². The molecule has 0 saturated heterocycles. The monoisotopic (exact) mass is 788 g/mol. The summed E-state index contributed by atoms with van der Waals surface area (Å²) < 4.78 is 6.29. The summed E-state index contributed by atoms with van der Waals surface area (Å²) in [7, 11) is 1.40. The number of rotatable bonds is 11. The maximum Gasteiger partial charge on any atom is 0.352 e. The van der Waals surface area contributed by atoms with Gasteiger partial charge < -0.3 is 56.6 Å². The molecule has 19 heteroatoms. The molecule has 55 heavy (non-hydrogen) atoms. The number of aromatic hydroxyl groups is 1. The maximum atomic E-state index is 14.7. The number of carboxylic acids is 2. The molecular formula is C36H45ClN6O12. The average Bonchev–Trinajstić information content (AvgIpc) is 3.62. The zero-order chi connectivity index (χ0) is 41.5. The molecule has 2 bridgehead atoms. The van der Waals surface area contributed by atoms with Gasteiger partial charge in [-0.2, -0.15) is 0 Å². The molecule has 2 heterocycles. The molecule has 0 radical (unpaired) electrons. The van der Waals surface area contributed by atoms with E-state index in [1.807, 2.05) is 5.32 Å². The largest absolute Gasteiger partial charge is 0.503 e. The molecule has 5 amide bonds. The molecule has 2 aliphatic rings. The SMILES string of the molecule is C=C(C)C1NC(=O)[C@H](NC)[C@@H](O)c2cc(Cl)c(O)c(c2)O[C@](C)(CC)[C@@H](C(=O)N2CC=C[C@H]2C(=O)NC(C(=O)NC(=CC(=O)O)C(=O)O)=C(C)CC)NC1=O. The minimum absolute atomic E-state index is 0.0204. The number of ether oxygens (including phenoxy) is 1. The first-order valence-corrected chi connectivity index (χ1v) is 17.4. The molecule has 0 fully saturated rings. The lowest BCUT2D eigenvalue weighted by Crippen LogP contribution is -2.65. The van der Waals surface area contributed by atoms with Crippen LogP contribution in [0.1, 0.15) is 59.1 Å². The van der Waals surface area contributed by atoms with Crippen LogP contribution in [0.5, 0.6) is 11.5 Å². The number of likely N-dealkylation sites (N-methyl/N-ethyl adjacent to an activating group) is 1. The normalized spacial score (nSPS) is 24.8. The van der Waals surface area contributed by atoms with E-state index in [2.05, 4.69) is 27.8 Å². The molecule has 0 saturated carbocycles. The highest BCUT2D eigenvalue weighted by Gasteiger charge is 2.47. The van der Waals surface area contributed by atoms with E-state index in [0.29, 0.717) is 0 Å². The number of amides is 5. The van der Waals surface area contributed by atoms with Crippen LogP contribution in [0.3, 0.4) is 0 Å². The Hall–Kier alpha value is -5.72. The van der Waals surface area contributed by atoms with Crippen LogP contribution < -0.4 is 31.3 Å². The highest BCUT2D eigenvalue weighted by atomic mass is 35.5. The predicted octanol–water partition coefficient (Wildman–Crippen LogP) is 0.510. The Morgan fingerprint density at radius 1 is 1.09 bits per heavy atom. The number of carboxylic acid groups (broad SMARTS) is 2. The standard InChI is InChI=1S/C36H45ClN6O12/c1-8-17(5)25(32(50)39-20(35(53)54)15-23(44)45)41-30(48)21-11-10-12-43(21)34(52)29-36(6,9-2)55-22-14-18(13-19(37)28(22)47)27(46)26(38-7)33(51)40-24(16(3)4)31(49)42-29/h10-11,13-15,21,24,26-27,29,38,46-47H,3,8-9,12H2,1-2,4-7H3,(H,39,50)(H,40,51)(H,41,48)(H,42,49)(H,44,45)(H,53,54)/t21-,24?,26+,27-,29+,36+/m0/s1. The zero-order valence-corrected chi connectivity index (χ0v) is 31.7. The Bertz CT molecular complexity index is 1880. The fraction of sp³-hybridized carbons (Fsp3) is 0.417. The Kier molecular flexibility index (Phi) is 14.4. The maximum absolute atomic E-state index is 14.7. The van der Waals surface area contributed by atoms with Gasteiger partial charge in [-0.1, -0.05) is 44.2 Å². The molecule has 0 aromatic heterocycles. The molecule has 298 valence electrons. The number of benzene rings is 1. The summed E-state index contributed by atoms with van der Waals surface area (Å²) >= 11 is 6.33. The highest BCUT2D eigenvalue weighted by molar-refractivity contribution is 6.32. The van der Waals surface area contributed by atoms with Crippen LogP contribution in [0.15, 0.2) is 59.5 Å². The highest BCUT2D eigenvalue weighted by Crippen LogP contribution is 2.41. The van der Waals surface area contributed by atoms with Gasteiger partial charge in [-0.15, -0.1) is 0 Å². The second-order valence-electron chi connectivity index (χ2n) is 13.1. The molecule has 1 aromatic rings. The van der Waals surface area contributed by atoms with Crippen molar-refractivity contribution in [2.24, 2.45) is 0 Å². The van der Waals surface area contributed by atoms with Crippen molar-refractivity contribution in [3.05, 3.63) is 70.1 Å². The van der Waals surface area contributed by atoms with Crippen molar-refractivity contribution >= 4 is 53.1 Å². The number of aliphatic hydroxyl groups excluding tert-OH is 1. The average molecular weight is 789 g/mol. The van der Waals surface area contributed by atoms with E-state index in [9.17, 15) is 48.9 Å². The van der Waals surface area contributed by atoms with Crippen molar-refractivity contribution in [1.82, 2.24) is 31.5 Å². The van der Waals surface area contributed by atoms with Gasteiger partial charge in [-0.25, -0.2) is 9.59 Å². The van der Waals surface area contributed by atoms with Crippen LogP contribution in [0.2, 0.25) is 5.02 Å². The van der Waals surface area contributed by atoms with Gasteiger partial charge in [0.15, 0.2) is 11.5 Å². The number of hydrogen-bond acceptors (Lipinski definition) is 11. The summed E-state index contributed by atoms with van der Waals surface area (Å²) in [6.07, 6.45) is 1.71. The van der Waals surface area contributed by atoms with E-state index in [1.54, 1.807) is 13.8 Å². The number of fused-ring (bicyclic) bond motifs is 2. The van der Waals surface area contributed by atoms with E-state index in [-0.39, 0.29) is 52.9 Å². The van der Waals surface area contributed by atoms with Gasteiger partial charge in [0, 0.05) is 6.54 Å². The summed E-state index contributed by atoms with van der Waals surface area (Å²) in [5, 5.41) is 52.6. The van der Waals surface area contributed by atoms with Crippen LogP contribution in [0.4, 0.5) is 0 Å². The first kappa shape index (κ1) is 43.7. The minimum atomic E-state index is -1.75. The Balaban J connectivity index is 2.11.